The second-order valence-corrected chi connectivity index (χ2v) is 18.5. The number of phosphoric acid groups is 1. The molecule has 362 valence electrons. The number of aliphatic hydroxyl groups excluding tert-OH is 2. The van der Waals surface area contributed by atoms with Gasteiger partial charge in [0.1, 0.15) is 48.8 Å². The molecule has 13 N–H and O–H groups in total. The van der Waals surface area contributed by atoms with Crippen LogP contribution in [0.5, 0.6) is 0 Å². The SMILES string of the molecule is CC.CNCCC=O.CNCCN(N)/C1=C(\N)CCC2C(C)C2CC1.CNc1ncnc2c1ncn2C1OC(COP(O)OP(O)OCC(C)(C)C(O)C=O)C(OP(=O)(O)O)C1O. The van der Waals surface area contributed by atoms with E-state index in [1.165, 1.54) is 49.6 Å². The number of fused-ring (bicyclic) bond motifs is 2. The number of aromatic nitrogens is 4. The maximum absolute atomic E-state index is 11.5. The number of hydrazine groups is 1. The van der Waals surface area contributed by atoms with Crippen LogP contribution in [0.1, 0.15) is 73.0 Å². The Morgan fingerprint density at radius 2 is 1.70 bits per heavy atom. The number of carbonyl (C=O) groups is 2. The van der Waals surface area contributed by atoms with Crippen molar-refractivity contribution in [3.05, 3.63) is 24.0 Å². The van der Waals surface area contributed by atoms with E-state index in [0.717, 1.165) is 62.2 Å². The number of anilines is 1. The molecule has 2 aromatic rings. The van der Waals surface area contributed by atoms with E-state index in [1.807, 2.05) is 33.0 Å². The maximum Gasteiger partial charge on any atom is 0.470 e. The van der Waals surface area contributed by atoms with E-state index in [9.17, 15) is 43.9 Å². The molecular weight excluding hydrogens is 889 g/mol. The third-order valence-electron chi connectivity index (χ3n) is 10.5. The zero-order chi connectivity index (χ0) is 47.5. The number of phosphoric ester groups is 1. The van der Waals surface area contributed by atoms with Crippen LogP contribution in [0.25, 0.3) is 11.2 Å². The van der Waals surface area contributed by atoms with E-state index < -0.39 is 67.7 Å². The minimum atomic E-state index is -5.11. The van der Waals surface area contributed by atoms with Crippen LogP contribution < -0.4 is 27.5 Å². The summed E-state index contributed by atoms with van der Waals surface area (Å²) in [6.07, 6.45) is 1.70. The van der Waals surface area contributed by atoms with Gasteiger partial charge in [0.15, 0.2) is 17.7 Å². The molecule has 1 saturated heterocycles. The number of likely N-dealkylation sites (N-methyl/N-ethyl adjacent to an activating group) is 1. The second-order valence-electron chi connectivity index (χ2n) is 15.2. The van der Waals surface area contributed by atoms with Crippen molar-refractivity contribution in [2.24, 2.45) is 34.7 Å². The van der Waals surface area contributed by atoms with Crippen LogP contribution >= 0.6 is 25.0 Å². The molecule has 5 rings (SSSR count). The van der Waals surface area contributed by atoms with Gasteiger partial charge in [0, 0.05) is 49.9 Å². The Kier molecular flexibility index (Phi) is 25.1. The first-order chi connectivity index (χ1) is 29.8. The number of rotatable bonds is 21. The van der Waals surface area contributed by atoms with Gasteiger partial charge < -0.3 is 79.9 Å². The molecule has 2 fully saturated rings. The van der Waals surface area contributed by atoms with Gasteiger partial charge in [-0.25, -0.2) is 29.7 Å². The highest BCUT2D eigenvalue weighted by Crippen LogP contribution is 2.54. The molecule has 27 heteroatoms. The van der Waals surface area contributed by atoms with Crippen molar-refractivity contribution in [1.29, 1.82) is 0 Å². The van der Waals surface area contributed by atoms with E-state index in [-0.39, 0.29) is 12.3 Å². The van der Waals surface area contributed by atoms with Crippen LogP contribution in [-0.2, 0) is 36.8 Å². The predicted molar refractivity (Wildman–Crippen MR) is 235 cm³/mol. The van der Waals surface area contributed by atoms with Crippen LogP contribution in [0.3, 0.4) is 0 Å². The lowest BCUT2D eigenvalue weighted by Gasteiger charge is -2.27. The number of hydrogen-bond donors (Lipinski definition) is 11. The molecule has 24 nitrogen and oxygen atoms in total. The lowest BCUT2D eigenvalue weighted by Crippen LogP contribution is -2.37. The number of aldehydes is 2. The maximum atomic E-state index is 11.5. The largest absolute Gasteiger partial charge is 0.470 e. The molecule has 0 radical (unpaired) electrons. The fraction of sp³-hybridized carbons (Fsp3) is 0.750. The first kappa shape index (κ1) is 56.7. The molecule has 3 aliphatic rings. The highest BCUT2D eigenvalue weighted by molar-refractivity contribution is 7.54. The minimum Gasteiger partial charge on any atom is -0.401 e. The van der Waals surface area contributed by atoms with E-state index >= 15 is 0 Å². The van der Waals surface area contributed by atoms with E-state index in [2.05, 4.69) is 37.8 Å². The summed E-state index contributed by atoms with van der Waals surface area (Å²) >= 11 is 0. The molecule has 0 spiro atoms. The molecular formula is C36H69N10O14P3. The first-order valence-corrected chi connectivity index (χ1v) is 24.3. The molecule has 10 atom stereocenters. The summed E-state index contributed by atoms with van der Waals surface area (Å²) in [5, 5.41) is 31.1. The highest BCUT2D eigenvalue weighted by atomic mass is 31.2. The summed E-state index contributed by atoms with van der Waals surface area (Å²) in [7, 11) is -5.22. The van der Waals surface area contributed by atoms with Crippen LogP contribution in [0.4, 0.5) is 5.82 Å². The van der Waals surface area contributed by atoms with Crippen molar-refractivity contribution < 1.29 is 66.6 Å². The molecule has 0 aromatic carbocycles. The summed E-state index contributed by atoms with van der Waals surface area (Å²) in [5.41, 5.74) is 7.90. The molecule has 0 amide bonds. The van der Waals surface area contributed by atoms with Crippen molar-refractivity contribution in [2.45, 2.75) is 97.4 Å². The minimum absolute atomic E-state index is 0.239. The molecule has 10 unspecified atom stereocenters. The number of aliphatic hydroxyl groups is 2. The average Bonchev–Trinajstić information content (AvgIpc) is 3.49. The van der Waals surface area contributed by atoms with E-state index in [1.54, 1.807) is 7.05 Å². The van der Waals surface area contributed by atoms with Crippen molar-refractivity contribution in [2.75, 3.05) is 59.3 Å². The summed E-state index contributed by atoms with van der Waals surface area (Å²) in [6.45, 7) is 11.0. The molecule has 63 heavy (non-hydrogen) atoms. The van der Waals surface area contributed by atoms with Crippen LogP contribution in [0.2, 0.25) is 0 Å². The normalized spacial score (nSPS) is 25.9. The Morgan fingerprint density at radius 1 is 1.06 bits per heavy atom. The van der Waals surface area contributed by atoms with E-state index in [4.69, 9.17) is 34.2 Å². The zero-order valence-corrected chi connectivity index (χ0v) is 39.9. The van der Waals surface area contributed by atoms with Gasteiger partial charge in [0.25, 0.3) is 0 Å². The Bertz CT molecular complexity index is 1750. The lowest BCUT2D eigenvalue weighted by atomic mass is 9.88. The van der Waals surface area contributed by atoms with Crippen LogP contribution in [0.15, 0.2) is 24.0 Å². The van der Waals surface area contributed by atoms with Crippen LogP contribution in [0, 0.1) is 23.2 Å². The molecule has 1 saturated carbocycles. The van der Waals surface area contributed by atoms with Crippen molar-refractivity contribution in [3.8, 4) is 0 Å². The van der Waals surface area contributed by atoms with Gasteiger partial charge in [-0.2, -0.15) is 0 Å². The first-order valence-electron chi connectivity index (χ1n) is 20.5. The van der Waals surface area contributed by atoms with Gasteiger partial charge in [-0.05, 0) is 57.5 Å². The Labute approximate surface area is 371 Å². The lowest BCUT2D eigenvalue weighted by molar-refractivity contribution is -0.121. The fourth-order valence-corrected chi connectivity index (χ4v) is 8.90. The van der Waals surface area contributed by atoms with E-state index in [0.29, 0.717) is 24.0 Å². The zero-order valence-electron chi connectivity index (χ0n) is 37.2. The Hall–Kier alpha value is -2.44. The van der Waals surface area contributed by atoms with Gasteiger partial charge in [0.05, 0.1) is 19.5 Å². The van der Waals surface area contributed by atoms with Gasteiger partial charge in [0.2, 0.25) is 0 Å². The molecule has 2 aliphatic carbocycles. The third-order valence-corrected chi connectivity index (χ3v) is 12.8. The molecule has 3 heterocycles. The van der Waals surface area contributed by atoms with Crippen molar-refractivity contribution in [3.63, 3.8) is 0 Å². The monoisotopic (exact) mass is 958 g/mol. The second kappa shape index (κ2) is 27.9. The fourth-order valence-electron chi connectivity index (χ4n) is 6.75. The Balaban J connectivity index is 0.000000447. The predicted octanol–water partition coefficient (Wildman–Crippen LogP) is 1.51. The number of nitrogens with one attached hydrogen (secondary N) is 3. The van der Waals surface area contributed by atoms with Crippen molar-refractivity contribution >= 4 is 54.6 Å². The third kappa shape index (κ3) is 17.7. The van der Waals surface area contributed by atoms with Crippen molar-refractivity contribution in [1.82, 2.24) is 35.2 Å². The molecule has 1 aliphatic heterocycles. The van der Waals surface area contributed by atoms with Gasteiger partial charge in [-0.1, -0.05) is 34.6 Å². The topological polar surface area (TPSA) is 354 Å². The number of imidazole rings is 1. The van der Waals surface area contributed by atoms with Gasteiger partial charge >= 0.3 is 25.0 Å². The number of ether oxygens (including phenoxy) is 1. The smallest absolute Gasteiger partial charge is 0.401 e. The summed E-state index contributed by atoms with van der Waals surface area (Å²) in [5.74, 6) is 9.25. The van der Waals surface area contributed by atoms with Gasteiger partial charge in [-0.15, -0.1) is 0 Å². The summed E-state index contributed by atoms with van der Waals surface area (Å²) in [4.78, 5) is 71.2. The average molecular weight is 959 g/mol. The number of allylic oxidation sites excluding steroid dienone is 2. The number of carbonyl (C=O) groups excluding carboxylic acids is 2. The van der Waals surface area contributed by atoms with Crippen LogP contribution in [-0.4, -0.2) is 145 Å². The number of hydrogen-bond acceptors (Lipinski definition) is 21. The standard InChI is InChI=1S/C17H28N5O13P3.C13H26N4.C4H9NO.C2H6/c1-17(2,10(24)4-23)6-32-37(27)35-36(26)31-5-9-13(34-38(28,29)30)12(25)16(33-9)22-8-21-11-14(18-3)19-7-20-15(11)22;1-9-10-3-5-12(14)13(6-4-11(9)10)17(15)8-7-16-2;1-5-3-2-4-6;1-2/h4,7-10,12-13,16,24-27H,5-6H2,1-3H3,(H,18,19,20)(H2,28,29,30);9-11,16H,3-8,14-15H2,1-2H3;4-5H,2-3H2,1H3;1-2H3/b;13-12-;;. The molecule has 2 aromatic heterocycles. The molecule has 0 bridgehead atoms. The Morgan fingerprint density at radius 3 is 2.27 bits per heavy atom. The van der Waals surface area contributed by atoms with Gasteiger partial charge in [-0.3, -0.25) is 9.09 Å². The number of nitrogens with two attached hydrogens (primary N) is 2. The summed E-state index contributed by atoms with van der Waals surface area (Å²) < 4.78 is 38.3. The quantitative estimate of drug-likeness (QED) is 0.0278. The number of nitrogens with zero attached hydrogens (tertiary/aromatic N) is 5. The highest BCUT2D eigenvalue weighted by Gasteiger charge is 2.49. The summed E-state index contributed by atoms with van der Waals surface area (Å²) in [6, 6.07) is 0.